The van der Waals surface area contributed by atoms with E-state index in [1.807, 2.05) is 49.4 Å². The van der Waals surface area contributed by atoms with Crippen molar-refractivity contribution in [2.75, 3.05) is 7.11 Å². The maximum absolute atomic E-state index is 10.0. The summed E-state index contributed by atoms with van der Waals surface area (Å²) in [6, 6.07) is 15.8. The van der Waals surface area contributed by atoms with Crippen LogP contribution in [0.5, 0.6) is 23.0 Å². The largest absolute Gasteiger partial charge is 0.508 e. The predicted octanol–water partition coefficient (Wildman–Crippen LogP) is 5.46. The highest BCUT2D eigenvalue weighted by Gasteiger charge is 2.01. The SMILES string of the molecule is COc1cc(/C=C/c2cc(O)cc(/C=C/c3ccc(O)c(C)c3)c2)ccc1O. The Bertz CT molecular complexity index is 1050. The smallest absolute Gasteiger partial charge is 0.161 e. The number of aromatic hydroxyl groups is 3. The summed E-state index contributed by atoms with van der Waals surface area (Å²) in [5.74, 6) is 0.944. The van der Waals surface area contributed by atoms with Gasteiger partial charge in [0.15, 0.2) is 11.5 Å². The van der Waals surface area contributed by atoms with Gasteiger partial charge >= 0.3 is 0 Å². The minimum absolute atomic E-state index is 0.0916. The second-order valence-electron chi connectivity index (χ2n) is 6.50. The maximum atomic E-state index is 10.0. The van der Waals surface area contributed by atoms with E-state index < -0.39 is 0 Å². The second kappa shape index (κ2) is 8.35. The lowest BCUT2D eigenvalue weighted by molar-refractivity contribution is 0.373. The third kappa shape index (κ3) is 4.74. The predicted molar refractivity (Wildman–Crippen MR) is 113 cm³/mol. The first-order valence-corrected chi connectivity index (χ1v) is 8.81. The van der Waals surface area contributed by atoms with E-state index in [-0.39, 0.29) is 17.2 Å². The Labute approximate surface area is 164 Å². The van der Waals surface area contributed by atoms with E-state index in [2.05, 4.69) is 0 Å². The van der Waals surface area contributed by atoms with Gasteiger partial charge in [-0.1, -0.05) is 36.4 Å². The van der Waals surface area contributed by atoms with Gasteiger partial charge < -0.3 is 20.1 Å². The van der Waals surface area contributed by atoms with Crippen molar-refractivity contribution in [1.82, 2.24) is 0 Å². The Kier molecular flexibility index (Phi) is 5.70. The van der Waals surface area contributed by atoms with Gasteiger partial charge in [0, 0.05) is 0 Å². The number of methoxy groups -OCH3 is 1. The van der Waals surface area contributed by atoms with E-state index in [4.69, 9.17) is 4.74 Å². The number of aryl methyl sites for hydroxylation is 1. The Morgan fingerprint density at radius 3 is 1.75 bits per heavy atom. The number of phenolic OH excluding ortho intramolecular Hbond substituents is 3. The first-order chi connectivity index (χ1) is 13.4. The molecule has 4 nitrogen and oxygen atoms in total. The van der Waals surface area contributed by atoms with Crippen LogP contribution in [0.1, 0.15) is 27.8 Å². The molecule has 0 amide bonds. The van der Waals surface area contributed by atoms with Crippen molar-refractivity contribution in [3.63, 3.8) is 0 Å². The Morgan fingerprint density at radius 2 is 1.18 bits per heavy atom. The van der Waals surface area contributed by atoms with E-state index in [9.17, 15) is 15.3 Å². The molecule has 0 heterocycles. The Morgan fingerprint density at radius 1 is 0.643 bits per heavy atom. The molecule has 3 rings (SSSR count). The summed E-state index contributed by atoms with van der Waals surface area (Å²) in [5, 5.41) is 29.3. The van der Waals surface area contributed by atoms with Crippen molar-refractivity contribution in [2.24, 2.45) is 0 Å². The molecule has 3 aromatic carbocycles. The number of hydrogen-bond donors (Lipinski definition) is 3. The summed E-state index contributed by atoms with van der Waals surface area (Å²) in [6.45, 7) is 1.85. The molecule has 0 aromatic heterocycles. The molecular weight excluding hydrogens is 352 g/mol. The molecule has 28 heavy (non-hydrogen) atoms. The van der Waals surface area contributed by atoms with Crippen LogP contribution in [-0.2, 0) is 0 Å². The molecule has 0 radical (unpaired) electrons. The fourth-order valence-corrected chi connectivity index (χ4v) is 2.82. The lowest BCUT2D eigenvalue weighted by Crippen LogP contribution is -1.84. The van der Waals surface area contributed by atoms with Gasteiger partial charge in [-0.25, -0.2) is 0 Å². The standard InChI is InChI=1S/C24H22O4/c1-16-11-17(7-9-22(16)26)3-5-19-12-20(14-21(25)13-19)6-4-18-8-10-23(27)24(15-18)28-2/h3-15,25-27H,1-2H3/b5-3+,6-4+. The summed E-state index contributed by atoms with van der Waals surface area (Å²) in [6.07, 6.45) is 7.60. The molecule has 0 atom stereocenters. The van der Waals surface area contributed by atoms with Crippen molar-refractivity contribution in [3.8, 4) is 23.0 Å². The summed E-state index contributed by atoms with van der Waals surface area (Å²) in [5.41, 5.74) is 4.34. The lowest BCUT2D eigenvalue weighted by Gasteiger charge is -2.04. The summed E-state index contributed by atoms with van der Waals surface area (Å²) in [7, 11) is 1.51. The molecule has 3 N–H and O–H groups in total. The van der Waals surface area contributed by atoms with Gasteiger partial charge in [-0.3, -0.25) is 0 Å². The molecule has 0 spiro atoms. The summed E-state index contributed by atoms with van der Waals surface area (Å²) < 4.78 is 5.12. The number of rotatable bonds is 5. The van der Waals surface area contributed by atoms with Crippen LogP contribution in [-0.4, -0.2) is 22.4 Å². The van der Waals surface area contributed by atoms with Crippen LogP contribution in [0.25, 0.3) is 24.3 Å². The average Bonchev–Trinajstić information content (AvgIpc) is 2.68. The summed E-state index contributed by atoms with van der Waals surface area (Å²) in [4.78, 5) is 0. The van der Waals surface area contributed by atoms with Gasteiger partial charge in [0.05, 0.1) is 7.11 Å². The molecule has 3 aromatic rings. The van der Waals surface area contributed by atoms with Gasteiger partial charge in [0.25, 0.3) is 0 Å². The fraction of sp³-hybridized carbons (Fsp3) is 0.0833. The summed E-state index contributed by atoms with van der Waals surface area (Å²) >= 11 is 0. The van der Waals surface area contributed by atoms with Crippen LogP contribution < -0.4 is 4.74 Å². The van der Waals surface area contributed by atoms with Gasteiger partial charge in [-0.15, -0.1) is 0 Å². The zero-order valence-electron chi connectivity index (χ0n) is 15.8. The highest BCUT2D eigenvalue weighted by molar-refractivity contribution is 5.76. The van der Waals surface area contributed by atoms with Crippen LogP contribution in [0, 0.1) is 6.92 Å². The molecule has 0 aliphatic carbocycles. The number of phenols is 3. The lowest BCUT2D eigenvalue weighted by atomic mass is 10.1. The van der Waals surface area contributed by atoms with Crippen molar-refractivity contribution in [1.29, 1.82) is 0 Å². The highest BCUT2D eigenvalue weighted by atomic mass is 16.5. The van der Waals surface area contributed by atoms with Crippen molar-refractivity contribution < 1.29 is 20.1 Å². The molecule has 0 saturated carbocycles. The molecule has 0 bridgehead atoms. The van der Waals surface area contributed by atoms with Gasteiger partial charge in [-0.05, 0) is 77.2 Å². The van der Waals surface area contributed by atoms with E-state index in [0.29, 0.717) is 5.75 Å². The first-order valence-electron chi connectivity index (χ1n) is 8.81. The molecule has 142 valence electrons. The minimum atomic E-state index is 0.0916. The molecule has 0 unspecified atom stereocenters. The van der Waals surface area contributed by atoms with E-state index in [0.717, 1.165) is 27.8 Å². The number of ether oxygens (including phenoxy) is 1. The maximum Gasteiger partial charge on any atom is 0.161 e. The number of hydrogen-bond acceptors (Lipinski definition) is 4. The third-order valence-electron chi connectivity index (χ3n) is 4.32. The second-order valence-corrected chi connectivity index (χ2v) is 6.50. The average molecular weight is 374 g/mol. The Hall–Kier alpha value is -3.66. The van der Waals surface area contributed by atoms with Crippen molar-refractivity contribution >= 4 is 24.3 Å². The molecule has 4 heteroatoms. The van der Waals surface area contributed by atoms with E-state index in [1.165, 1.54) is 7.11 Å². The zero-order chi connectivity index (χ0) is 20.1. The molecule has 0 fully saturated rings. The Balaban J connectivity index is 1.83. The number of benzene rings is 3. The highest BCUT2D eigenvalue weighted by Crippen LogP contribution is 2.27. The molecule has 0 aliphatic rings. The van der Waals surface area contributed by atoms with Crippen LogP contribution in [0.15, 0.2) is 54.6 Å². The van der Waals surface area contributed by atoms with E-state index in [1.54, 1.807) is 36.4 Å². The van der Waals surface area contributed by atoms with E-state index >= 15 is 0 Å². The van der Waals surface area contributed by atoms with Gasteiger partial charge in [0.1, 0.15) is 11.5 Å². The quantitative estimate of drug-likeness (QED) is 0.519. The zero-order valence-corrected chi connectivity index (χ0v) is 15.8. The molecular formula is C24H22O4. The van der Waals surface area contributed by atoms with Crippen LogP contribution in [0.3, 0.4) is 0 Å². The van der Waals surface area contributed by atoms with Crippen molar-refractivity contribution in [2.45, 2.75) is 6.92 Å². The van der Waals surface area contributed by atoms with Crippen LogP contribution in [0.2, 0.25) is 0 Å². The normalized spacial score (nSPS) is 11.4. The molecule has 0 aliphatic heterocycles. The van der Waals surface area contributed by atoms with Crippen LogP contribution >= 0.6 is 0 Å². The molecule has 0 saturated heterocycles. The fourth-order valence-electron chi connectivity index (χ4n) is 2.82. The van der Waals surface area contributed by atoms with Crippen molar-refractivity contribution in [3.05, 3.63) is 82.4 Å². The minimum Gasteiger partial charge on any atom is -0.508 e. The third-order valence-corrected chi connectivity index (χ3v) is 4.32. The van der Waals surface area contributed by atoms with Gasteiger partial charge in [0.2, 0.25) is 0 Å². The van der Waals surface area contributed by atoms with Crippen LogP contribution in [0.4, 0.5) is 0 Å². The van der Waals surface area contributed by atoms with Gasteiger partial charge in [-0.2, -0.15) is 0 Å². The monoisotopic (exact) mass is 374 g/mol. The first kappa shape index (κ1) is 19.1. The topological polar surface area (TPSA) is 69.9 Å².